The summed E-state index contributed by atoms with van der Waals surface area (Å²) in [7, 11) is 0. The fourth-order valence-electron chi connectivity index (χ4n) is 1.80. The maximum atomic E-state index is 13.6. The van der Waals surface area contributed by atoms with E-state index in [0.717, 1.165) is 18.2 Å². The molecule has 2 rings (SSSR count). The molecule has 0 aliphatic heterocycles. The highest BCUT2D eigenvalue weighted by Crippen LogP contribution is 2.23. The topological polar surface area (TPSA) is 72.2 Å². The predicted octanol–water partition coefficient (Wildman–Crippen LogP) is 3.71. The van der Waals surface area contributed by atoms with Gasteiger partial charge >= 0.3 is 5.69 Å². The lowest BCUT2D eigenvalue weighted by Crippen LogP contribution is -2.15. The van der Waals surface area contributed by atoms with E-state index >= 15 is 0 Å². The highest BCUT2D eigenvalue weighted by atomic mass is 35.5. The van der Waals surface area contributed by atoms with Crippen molar-refractivity contribution in [3.8, 4) is 0 Å². The van der Waals surface area contributed by atoms with Gasteiger partial charge in [0.05, 0.1) is 11.3 Å². The predicted molar refractivity (Wildman–Crippen MR) is 76.8 cm³/mol. The van der Waals surface area contributed by atoms with Crippen LogP contribution in [0.5, 0.6) is 0 Å². The van der Waals surface area contributed by atoms with Crippen LogP contribution in [-0.2, 0) is 11.2 Å². The van der Waals surface area contributed by atoms with Crippen LogP contribution in [0.15, 0.2) is 36.4 Å². The van der Waals surface area contributed by atoms with Crippen molar-refractivity contribution in [1.82, 2.24) is 0 Å². The minimum Gasteiger partial charge on any atom is -0.326 e. The van der Waals surface area contributed by atoms with Gasteiger partial charge in [0.1, 0.15) is 5.82 Å². The molecule has 0 radical (unpaired) electrons. The quantitative estimate of drug-likeness (QED) is 0.687. The summed E-state index contributed by atoms with van der Waals surface area (Å²) < 4.78 is 26.8. The number of nitro benzene ring substituents is 1. The van der Waals surface area contributed by atoms with Crippen molar-refractivity contribution >= 4 is 28.9 Å². The Bertz CT molecular complexity index is 733. The van der Waals surface area contributed by atoms with Crippen LogP contribution >= 0.6 is 11.6 Å². The van der Waals surface area contributed by atoms with Crippen LogP contribution in [0.1, 0.15) is 5.56 Å². The molecule has 0 aromatic heterocycles. The first-order chi connectivity index (χ1) is 10.4. The number of rotatable bonds is 4. The first kappa shape index (κ1) is 15.8. The Kier molecular flexibility index (Phi) is 4.67. The normalized spacial score (nSPS) is 10.3. The molecule has 2 aromatic rings. The number of hydrogen-bond donors (Lipinski definition) is 1. The van der Waals surface area contributed by atoms with Crippen LogP contribution in [0.2, 0.25) is 5.02 Å². The molecule has 114 valence electrons. The maximum Gasteiger partial charge on any atom is 0.306 e. The number of halogens is 3. The van der Waals surface area contributed by atoms with Gasteiger partial charge in [0.15, 0.2) is 0 Å². The molecule has 0 spiro atoms. The minimum atomic E-state index is -1.01. The number of amides is 1. The van der Waals surface area contributed by atoms with E-state index in [4.69, 9.17) is 11.6 Å². The summed E-state index contributed by atoms with van der Waals surface area (Å²) in [4.78, 5) is 21.6. The molecule has 0 aliphatic rings. The van der Waals surface area contributed by atoms with Gasteiger partial charge in [0, 0.05) is 22.3 Å². The summed E-state index contributed by atoms with van der Waals surface area (Å²) in [5.74, 6) is -2.28. The number of nitrogens with one attached hydrogen (secondary N) is 1. The molecule has 0 unspecified atom stereocenters. The van der Waals surface area contributed by atoms with Crippen LogP contribution in [0.3, 0.4) is 0 Å². The second-order valence-corrected chi connectivity index (χ2v) is 4.76. The van der Waals surface area contributed by atoms with E-state index in [1.165, 1.54) is 18.2 Å². The average molecular weight is 327 g/mol. The summed E-state index contributed by atoms with van der Waals surface area (Å²) in [6, 6.07) is 6.93. The number of nitro groups is 1. The van der Waals surface area contributed by atoms with Gasteiger partial charge in [-0.3, -0.25) is 14.9 Å². The van der Waals surface area contributed by atoms with Crippen molar-refractivity contribution in [2.45, 2.75) is 6.42 Å². The molecule has 0 aliphatic carbocycles. The van der Waals surface area contributed by atoms with Crippen molar-refractivity contribution < 1.29 is 18.5 Å². The molecule has 22 heavy (non-hydrogen) atoms. The first-order valence-electron chi connectivity index (χ1n) is 6.05. The third kappa shape index (κ3) is 3.56. The van der Waals surface area contributed by atoms with Crippen molar-refractivity contribution in [3.63, 3.8) is 0 Å². The third-order valence-electron chi connectivity index (χ3n) is 2.83. The highest BCUT2D eigenvalue weighted by Gasteiger charge is 2.16. The van der Waals surface area contributed by atoms with Gasteiger partial charge in [-0.15, -0.1) is 0 Å². The number of carbonyl (C=O) groups excluding carboxylic acids is 1. The summed E-state index contributed by atoms with van der Waals surface area (Å²) in [5, 5.41) is 13.1. The van der Waals surface area contributed by atoms with Gasteiger partial charge in [-0.2, -0.15) is 4.39 Å². The molecule has 0 heterocycles. The molecule has 0 saturated heterocycles. The Morgan fingerprint density at radius 2 is 1.95 bits per heavy atom. The smallest absolute Gasteiger partial charge is 0.306 e. The molecular formula is C14H9ClF2N2O3. The van der Waals surface area contributed by atoms with E-state index in [1.54, 1.807) is 0 Å². The summed E-state index contributed by atoms with van der Waals surface area (Å²) in [6.45, 7) is 0. The second kappa shape index (κ2) is 6.48. The monoisotopic (exact) mass is 326 g/mol. The van der Waals surface area contributed by atoms with E-state index < -0.39 is 28.2 Å². The van der Waals surface area contributed by atoms with E-state index in [-0.39, 0.29) is 22.7 Å². The Morgan fingerprint density at radius 1 is 1.23 bits per heavy atom. The van der Waals surface area contributed by atoms with Crippen LogP contribution in [-0.4, -0.2) is 10.8 Å². The van der Waals surface area contributed by atoms with Crippen molar-refractivity contribution in [1.29, 1.82) is 0 Å². The fourth-order valence-corrected chi connectivity index (χ4v) is 2.03. The Labute approximate surface area is 128 Å². The van der Waals surface area contributed by atoms with Crippen molar-refractivity contribution in [2.24, 2.45) is 0 Å². The van der Waals surface area contributed by atoms with E-state index in [2.05, 4.69) is 5.32 Å². The lowest BCUT2D eigenvalue weighted by Gasteiger charge is -2.07. The summed E-state index contributed by atoms with van der Waals surface area (Å²) in [5.41, 5.74) is -0.717. The lowest BCUT2D eigenvalue weighted by atomic mass is 10.1. The van der Waals surface area contributed by atoms with Crippen LogP contribution in [0, 0.1) is 21.7 Å². The number of hydrogen-bond acceptors (Lipinski definition) is 3. The largest absolute Gasteiger partial charge is 0.326 e. The number of anilines is 1. The van der Waals surface area contributed by atoms with Crippen molar-refractivity contribution in [2.75, 3.05) is 5.32 Å². The zero-order valence-electron chi connectivity index (χ0n) is 11.0. The molecule has 0 saturated carbocycles. The molecule has 0 atom stereocenters. The molecule has 2 aromatic carbocycles. The fraction of sp³-hybridized carbons (Fsp3) is 0.0714. The minimum absolute atomic E-state index is 0.0123. The highest BCUT2D eigenvalue weighted by molar-refractivity contribution is 6.31. The Hall–Kier alpha value is -2.54. The molecule has 1 N–H and O–H groups in total. The number of benzene rings is 2. The van der Waals surface area contributed by atoms with Crippen LogP contribution in [0.4, 0.5) is 20.2 Å². The standard InChI is InChI=1S/C14H9ClF2N2O3/c15-10-2-1-3-11(16)9(10)7-14(20)18-8-4-5-12(17)13(6-8)19(21)22/h1-6H,7H2,(H,18,20). The van der Waals surface area contributed by atoms with Gasteiger partial charge < -0.3 is 5.32 Å². The van der Waals surface area contributed by atoms with Gasteiger partial charge in [0.25, 0.3) is 0 Å². The SMILES string of the molecule is O=C(Cc1c(F)cccc1Cl)Nc1ccc(F)c([N+](=O)[O-])c1. The summed E-state index contributed by atoms with van der Waals surface area (Å²) in [6.07, 6.45) is -0.351. The molecule has 0 fully saturated rings. The van der Waals surface area contributed by atoms with E-state index in [0.29, 0.717) is 0 Å². The Balaban J connectivity index is 2.16. The Morgan fingerprint density at radius 3 is 2.59 bits per heavy atom. The van der Waals surface area contributed by atoms with Gasteiger partial charge in [0.2, 0.25) is 11.7 Å². The lowest BCUT2D eigenvalue weighted by molar-refractivity contribution is -0.387. The van der Waals surface area contributed by atoms with E-state index in [9.17, 15) is 23.7 Å². The van der Waals surface area contributed by atoms with E-state index in [1.807, 2.05) is 0 Å². The zero-order valence-corrected chi connectivity index (χ0v) is 11.7. The second-order valence-electron chi connectivity index (χ2n) is 4.35. The molecular weight excluding hydrogens is 318 g/mol. The van der Waals surface area contributed by atoms with Gasteiger partial charge in [-0.05, 0) is 24.3 Å². The molecule has 8 heteroatoms. The first-order valence-corrected chi connectivity index (χ1v) is 6.43. The van der Waals surface area contributed by atoms with Crippen molar-refractivity contribution in [3.05, 3.63) is 68.7 Å². The zero-order chi connectivity index (χ0) is 16.3. The number of nitrogens with zero attached hydrogens (tertiary/aromatic N) is 1. The molecule has 1 amide bonds. The van der Waals surface area contributed by atoms with Crippen LogP contribution in [0.25, 0.3) is 0 Å². The third-order valence-corrected chi connectivity index (χ3v) is 3.18. The molecule has 0 bridgehead atoms. The van der Waals surface area contributed by atoms with Gasteiger partial charge in [-0.25, -0.2) is 4.39 Å². The maximum absolute atomic E-state index is 13.6. The van der Waals surface area contributed by atoms with Gasteiger partial charge in [-0.1, -0.05) is 17.7 Å². The summed E-state index contributed by atoms with van der Waals surface area (Å²) >= 11 is 5.81. The molecule has 5 nitrogen and oxygen atoms in total. The number of carbonyl (C=O) groups is 1. The average Bonchev–Trinajstić information content (AvgIpc) is 2.45. The van der Waals surface area contributed by atoms with Crippen LogP contribution < -0.4 is 5.32 Å².